The number of nitrogens with zero attached hydrogens (tertiary/aromatic N) is 4. The third-order valence-electron chi connectivity index (χ3n) is 3.65. The molecule has 140 valence electrons. The van der Waals surface area contributed by atoms with Crippen LogP contribution in [-0.4, -0.2) is 25.7 Å². The average molecular weight is 373 g/mol. The van der Waals surface area contributed by atoms with Crippen LogP contribution in [0.4, 0.5) is 26.2 Å². The first-order valence-corrected chi connectivity index (χ1v) is 8.09. The molecular weight excluding hydrogens is 356 g/mol. The normalized spacial score (nSPS) is 10.6. The molecule has 0 saturated carbocycles. The molecule has 1 aromatic carbocycles. The molecule has 0 bridgehead atoms. The Balaban J connectivity index is 1.81. The zero-order valence-electron chi connectivity index (χ0n) is 14.4. The van der Waals surface area contributed by atoms with Gasteiger partial charge in [-0.05, 0) is 24.6 Å². The lowest BCUT2D eigenvalue weighted by molar-refractivity contribution is 0.100. The summed E-state index contributed by atoms with van der Waals surface area (Å²) in [7, 11) is 0. The second-order valence-corrected chi connectivity index (χ2v) is 5.66. The van der Waals surface area contributed by atoms with Crippen LogP contribution in [0, 0.1) is 11.6 Å². The molecule has 3 rings (SSSR count). The first kappa shape index (κ1) is 18.2. The van der Waals surface area contributed by atoms with Crippen molar-refractivity contribution in [3.63, 3.8) is 0 Å². The van der Waals surface area contributed by atoms with Crippen LogP contribution in [-0.2, 0) is 13.1 Å². The molecule has 0 aliphatic heterocycles. The SMILES string of the molecule is CCn1cc(Nc2ncc(C(N)=O)c(NCc3cc(F)cc(F)c3)n2)cn1. The van der Waals surface area contributed by atoms with Gasteiger partial charge in [0.2, 0.25) is 5.95 Å². The van der Waals surface area contributed by atoms with Crippen molar-refractivity contribution in [2.45, 2.75) is 20.0 Å². The van der Waals surface area contributed by atoms with E-state index in [1.807, 2.05) is 6.92 Å². The average Bonchev–Trinajstić information content (AvgIpc) is 3.06. The van der Waals surface area contributed by atoms with E-state index in [0.29, 0.717) is 17.8 Å². The predicted octanol–water partition coefficient (Wildman–Crippen LogP) is 2.43. The van der Waals surface area contributed by atoms with E-state index >= 15 is 0 Å². The first-order valence-electron chi connectivity index (χ1n) is 8.09. The van der Waals surface area contributed by atoms with Gasteiger partial charge in [0.05, 0.1) is 17.4 Å². The minimum atomic E-state index is -0.728. The molecule has 0 spiro atoms. The molecule has 10 heteroatoms. The number of carbonyl (C=O) groups excluding carboxylic acids is 1. The van der Waals surface area contributed by atoms with Crippen molar-refractivity contribution in [2.24, 2.45) is 5.73 Å². The summed E-state index contributed by atoms with van der Waals surface area (Å²) in [5.41, 5.74) is 6.42. The van der Waals surface area contributed by atoms with Crippen molar-refractivity contribution in [1.29, 1.82) is 0 Å². The Labute approximate surface area is 153 Å². The van der Waals surface area contributed by atoms with Crippen LogP contribution in [0.1, 0.15) is 22.8 Å². The first-order chi connectivity index (χ1) is 12.9. The lowest BCUT2D eigenvalue weighted by atomic mass is 10.2. The van der Waals surface area contributed by atoms with Crippen molar-refractivity contribution in [2.75, 3.05) is 10.6 Å². The summed E-state index contributed by atoms with van der Waals surface area (Å²) in [6.07, 6.45) is 4.65. The second kappa shape index (κ2) is 7.77. The van der Waals surface area contributed by atoms with Gasteiger partial charge in [0.25, 0.3) is 5.91 Å². The van der Waals surface area contributed by atoms with Crippen LogP contribution >= 0.6 is 0 Å². The molecule has 0 radical (unpaired) electrons. The number of rotatable bonds is 7. The zero-order chi connectivity index (χ0) is 19.4. The van der Waals surface area contributed by atoms with E-state index in [0.717, 1.165) is 6.07 Å². The molecular formula is C17H17F2N7O. The molecule has 3 aromatic rings. The molecule has 4 N–H and O–H groups in total. The van der Waals surface area contributed by atoms with Crippen LogP contribution in [0.5, 0.6) is 0 Å². The summed E-state index contributed by atoms with van der Waals surface area (Å²) in [6, 6.07) is 3.14. The Hall–Kier alpha value is -3.56. The monoisotopic (exact) mass is 373 g/mol. The minimum absolute atomic E-state index is 0.0409. The Morgan fingerprint density at radius 1 is 1.22 bits per heavy atom. The van der Waals surface area contributed by atoms with Gasteiger partial charge in [-0.1, -0.05) is 0 Å². The molecule has 0 aliphatic carbocycles. The maximum Gasteiger partial charge on any atom is 0.254 e. The van der Waals surface area contributed by atoms with E-state index in [-0.39, 0.29) is 23.9 Å². The van der Waals surface area contributed by atoms with Crippen molar-refractivity contribution in [1.82, 2.24) is 19.7 Å². The van der Waals surface area contributed by atoms with Gasteiger partial charge >= 0.3 is 0 Å². The molecule has 0 unspecified atom stereocenters. The maximum atomic E-state index is 13.3. The van der Waals surface area contributed by atoms with Gasteiger partial charge in [0.15, 0.2) is 0 Å². The van der Waals surface area contributed by atoms with E-state index in [1.165, 1.54) is 18.3 Å². The number of benzene rings is 1. The maximum absolute atomic E-state index is 13.3. The van der Waals surface area contributed by atoms with E-state index in [2.05, 4.69) is 25.7 Å². The third kappa shape index (κ3) is 4.54. The number of carbonyl (C=O) groups is 1. The molecule has 27 heavy (non-hydrogen) atoms. The molecule has 0 fully saturated rings. The predicted molar refractivity (Wildman–Crippen MR) is 95.4 cm³/mol. The molecule has 2 heterocycles. The van der Waals surface area contributed by atoms with Gasteiger partial charge < -0.3 is 16.4 Å². The zero-order valence-corrected chi connectivity index (χ0v) is 14.4. The van der Waals surface area contributed by atoms with E-state index < -0.39 is 17.5 Å². The highest BCUT2D eigenvalue weighted by Crippen LogP contribution is 2.18. The van der Waals surface area contributed by atoms with Crippen LogP contribution in [0.15, 0.2) is 36.8 Å². The van der Waals surface area contributed by atoms with Crippen molar-refractivity contribution >= 4 is 23.4 Å². The third-order valence-corrected chi connectivity index (χ3v) is 3.65. The lowest BCUT2D eigenvalue weighted by Crippen LogP contribution is -2.17. The Morgan fingerprint density at radius 3 is 2.59 bits per heavy atom. The fourth-order valence-electron chi connectivity index (χ4n) is 2.39. The number of hydrogen-bond acceptors (Lipinski definition) is 6. The number of aryl methyl sites for hydroxylation is 1. The number of primary amides is 1. The standard InChI is InChI=1S/C17H17F2N7O/c1-2-26-9-13(7-23-26)24-17-22-8-14(15(20)27)16(25-17)21-6-10-3-11(18)5-12(19)4-10/h3-5,7-9H,2,6H2,1H3,(H2,20,27)(H2,21,22,24,25). The van der Waals surface area contributed by atoms with Crippen molar-refractivity contribution < 1.29 is 13.6 Å². The fourth-order valence-corrected chi connectivity index (χ4v) is 2.39. The number of amides is 1. The van der Waals surface area contributed by atoms with Gasteiger partial charge in [-0.25, -0.2) is 13.8 Å². The van der Waals surface area contributed by atoms with Crippen LogP contribution in [0.25, 0.3) is 0 Å². The van der Waals surface area contributed by atoms with E-state index in [9.17, 15) is 13.6 Å². The summed E-state index contributed by atoms with van der Waals surface area (Å²) in [6.45, 7) is 2.70. The number of hydrogen-bond donors (Lipinski definition) is 3. The van der Waals surface area contributed by atoms with Crippen LogP contribution in [0.2, 0.25) is 0 Å². The van der Waals surface area contributed by atoms with Gasteiger partial charge in [-0.2, -0.15) is 10.1 Å². The quantitative estimate of drug-likeness (QED) is 0.587. The number of anilines is 3. The largest absolute Gasteiger partial charge is 0.365 e. The minimum Gasteiger partial charge on any atom is -0.365 e. The Kier molecular flexibility index (Phi) is 5.25. The number of aromatic nitrogens is 4. The molecule has 0 atom stereocenters. The summed E-state index contributed by atoms with van der Waals surface area (Å²) in [5, 5.41) is 9.96. The van der Waals surface area contributed by atoms with Gasteiger partial charge in [0, 0.05) is 31.5 Å². The van der Waals surface area contributed by atoms with Gasteiger partial charge in [-0.3, -0.25) is 9.48 Å². The van der Waals surface area contributed by atoms with E-state index in [4.69, 9.17) is 5.73 Å². The van der Waals surface area contributed by atoms with Crippen molar-refractivity contribution in [3.8, 4) is 0 Å². The van der Waals surface area contributed by atoms with E-state index in [1.54, 1.807) is 17.1 Å². The molecule has 0 aliphatic rings. The van der Waals surface area contributed by atoms with Gasteiger partial charge in [0.1, 0.15) is 17.5 Å². The molecule has 2 aromatic heterocycles. The molecule has 8 nitrogen and oxygen atoms in total. The van der Waals surface area contributed by atoms with Crippen LogP contribution < -0.4 is 16.4 Å². The highest BCUT2D eigenvalue weighted by atomic mass is 19.1. The summed E-state index contributed by atoms with van der Waals surface area (Å²) in [4.78, 5) is 19.9. The Bertz CT molecular complexity index is 953. The highest BCUT2D eigenvalue weighted by molar-refractivity contribution is 5.97. The van der Waals surface area contributed by atoms with Gasteiger partial charge in [-0.15, -0.1) is 0 Å². The summed E-state index contributed by atoms with van der Waals surface area (Å²) < 4.78 is 28.3. The molecule has 0 saturated heterocycles. The summed E-state index contributed by atoms with van der Waals surface area (Å²) >= 11 is 0. The van der Waals surface area contributed by atoms with Crippen LogP contribution in [0.3, 0.4) is 0 Å². The molecule has 1 amide bonds. The lowest BCUT2D eigenvalue weighted by Gasteiger charge is -2.11. The second-order valence-electron chi connectivity index (χ2n) is 5.66. The Morgan fingerprint density at radius 2 is 1.96 bits per heavy atom. The fraction of sp³-hybridized carbons (Fsp3) is 0.176. The number of halogens is 2. The number of nitrogens with two attached hydrogens (primary N) is 1. The van der Waals surface area contributed by atoms with Crippen molar-refractivity contribution in [3.05, 3.63) is 59.6 Å². The number of nitrogens with one attached hydrogen (secondary N) is 2. The summed E-state index contributed by atoms with van der Waals surface area (Å²) in [5.74, 6) is -1.76. The topological polar surface area (TPSA) is 111 Å². The highest BCUT2D eigenvalue weighted by Gasteiger charge is 2.13. The smallest absolute Gasteiger partial charge is 0.254 e.